The molecule has 1 saturated heterocycles. The first kappa shape index (κ1) is 15.5. The average Bonchev–Trinajstić information content (AvgIpc) is 2.53. The Morgan fingerprint density at radius 1 is 1.25 bits per heavy atom. The molecular formula is C15H24N2O2S. The highest BCUT2D eigenvalue weighted by Crippen LogP contribution is 2.34. The Bertz CT molecular complexity index is 422. The van der Waals surface area contributed by atoms with Crippen LogP contribution in [0.3, 0.4) is 0 Å². The maximum absolute atomic E-state index is 5.76. The van der Waals surface area contributed by atoms with E-state index in [-0.39, 0.29) is 6.04 Å². The van der Waals surface area contributed by atoms with E-state index in [0.717, 1.165) is 29.4 Å². The zero-order valence-electron chi connectivity index (χ0n) is 12.2. The van der Waals surface area contributed by atoms with Gasteiger partial charge < -0.3 is 9.47 Å². The van der Waals surface area contributed by atoms with Crippen LogP contribution < -0.4 is 20.7 Å². The van der Waals surface area contributed by atoms with E-state index in [4.69, 9.17) is 15.3 Å². The van der Waals surface area contributed by atoms with Crippen molar-refractivity contribution in [2.24, 2.45) is 11.8 Å². The van der Waals surface area contributed by atoms with Gasteiger partial charge in [-0.1, -0.05) is 6.07 Å². The Morgan fingerprint density at radius 3 is 2.55 bits per heavy atom. The lowest BCUT2D eigenvalue weighted by Crippen LogP contribution is -2.30. The second-order valence-corrected chi connectivity index (χ2v) is 6.35. The topological polar surface area (TPSA) is 56.5 Å². The van der Waals surface area contributed by atoms with Crippen molar-refractivity contribution < 1.29 is 9.47 Å². The first-order chi connectivity index (χ1) is 9.78. The van der Waals surface area contributed by atoms with Crippen molar-refractivity contribution in [1.29, 1.82) is 0 Å². The van der Waals surface area contributed by atoms with E-state index in [9.17, 15) is 0 Å². The highest BCUT2D eigenvalue weighted by molar-refractivity contribution is 7.99. The number of nitrogens with one attached hydrogen (secondary N) is 1. The predicted molar refractivity (Wildman–Crippen MR) is 84.3 cm³/mol. The summed E-state index contributed by atoms with van der Waals surface area (Å²) in [4.78, 5) is 0. The van der Waals surface area contributed by atoms with Crippen molar-refractivity contribution in [3.63, 3.8) is 0 Å². The second-order valence-electron chi connectivity index (χ2n) is 5.13. The minimum Gasteiger partial charge on any atom is -0.493 e. The van der Waals surface area contributed by atoms with Gasteiger partial charge in [0.2, 0.25) is 0 Å². The normalized spacial score (nSPS) is 17.8. The van der Waals surface area contributed by atoms with Crippen LogP contribution in [-0.2, 0) is 0 Å². The molecule has 1 heterocycles. The number of methoxy groups -OCH3 is 2. The lowest BCUT2D eigenvalue weighted by molar-refractivity contribution is 0.350. The molecule has 1 atom stereocenters. The third-order valence-electron chi connectivity index (χ3n) is 3.92. The highest BCUT2D eigenvalue weighted by Gasteiger charge is 2.20. The lowest BCUT2D eigenvalue weighted by atomic mass is 9.91. The van der Waals surface area contributed by atoms with Gasteiger partial charge in [0.15, 0.2) is 11.5 Å². The molecule has 4 nitrogen and oxygen atoms in total. The first-order valence-electron chi connectivity index (χ1n) is 7.04. The van der Waals surface area contributed by atoms with Gasteiger partial charge in [-0.05, 0) is 54.4 Å². The van der Waals surface area contributed by atoms with Crippen LogP contribution in [0.25, 0.3) is 0 Å². The van der Waals surface area contributed by atoms with Crippen LogP contribution >= 0.6 is 11.8 Å². The molecule has 0 saturated carbocycles. The molecule has 1 aliphatic heterocycles. The summed E-state index contributed by atoms with van der Waals surface area (Å²) >= 11 is 2.05. The van der Waals surface area contributed by atoms with Gasteiger partial charge in [0.1, 0.15) is 0 Å². The van der Waals surface area contributed by atoms with E-state index in [1.807, 2.05) is 12.1 Å². The lowest BCUT2D eigenvalue weighted by Gasteiger charge is -2.26. The van der Waals surface area contributed by atoms with Gasteiger partial charge in [-0.25, -0.2) is 0 Å². The van der Waals surface area contributed by atoms with Crippen molar-refractivity contribution in [3.8, 4) is 11.5 Å². The number of ether oxygens (including phenoxy) is 2. The minimum absolute atomic E-state index is 0.169. The molecule has 20 heavy (non-hydrogen) atoms. The molecule has 1 aliphatic rings. The molecule has 1 unspecified atom stereocenters. The Morgan fingerprint density at radius 2 is 1.95 bits per heavy atom. The Labute approximate surface area is 125 Å². The molecule has 1 fully saturated rings. The number of nitrogens with two attached hydrogens (primary N) is 1. The maximum atomic E-state index is 5.76. The minimum atomic E-state index is 0.169. The molecule has 0 bridgehead atoms. The largest absolute Gasteiger partial charge is 0.493 e. The molecule has 1 aromatic carbocycles. The smallest absolute Gasteiger partial charge is 0.161 e. The van der Waals surface area contributed by atoms with E-state index in [1.54, 1.807) is 14.2 Å². The van der Waals surface area contributed by atoms with Gasteiger partial charge in [-0.2, -0.15) is 11.8 Å². The zero-order valence-corrected chi connectivity index (χ0v) is 13.0. The molecule has 0 radical (unpaired) electrons. The number of benzene rings is 1. The fourth-order valence-corrected chi connectivity index (χ4v) is 3.89. The van der Waals surface area contributed by atoms with Crippen LogP contribution in [0.15, 0.2) is 18.2 Å². The Kier molecular flexibility index (Phi) is 6.01. The molecule has 2 rings (SSSR count). The number of hydrogen-bond donors (Lipinski definition) is 2. The van der Waals surface area contributed by atoms with Crippen LogP contribution in [-0.4, -0.2) is 25.7 Å². The highest BCUT2D eigenvalue weighted by atomic mass is 32.2. The predicted octanol–water partition coefficient (Wildman–Crippen LogP) is 2.74. The number of hydrogen-bond acceptors (Lipinski definition) is 5. The van der Waals surface area contributed by atoms with Crippen molar-refractivity contribution in [3.05, 3.63) is 23.8 Å². The van der Waals surface area contributed by atoms with Gasteiger partial charge in [0.05, 0.1) is 14.2 Å². The summed E-state index contributed by atoms with van der Waals surface area (Å²) in [6.07, 6.45) is 3.65. The molecule has 3 N–H and O–H groups in total. The first-order valence-corrected chi connectivity index (χ1v) is 8.19. The molecule has 1 aromatic rings. The average molecular weight is 296 g/mol. The molecule has 0 aromatic heterocycles. The monoisotopic (exact) mass is 296 g/mol. The van der Waals surface area contributed by atoms with Gasteiger partial charge in [-0.15, -0.1) is 0 Å². The molecular weight excluding hydrogens is 272 g/mol. The summed E-state index contributed by atoms with van der Waals surface area (Å²) in [6.45, 7) is 0. The zero-order chi connectivity index (χ0) is 14.4. The summed E-state index contributed by atoms with van der Waals surface area (Å²) in [5, 5.41) is 0. The van der Waals surface area contributed by atoms with Crippen LogP contribution in [0.5, 0.6) is 11.5 Å². The van der Waals surface area contributed by atoms with Crippen molar-refractivity contribution in [2.45, 2.75) is 25.3 Å². The van der Waals surface area contributed by atoms with E-state index in [0.29, 0.717) is 0 Å². The summed E-state index contributed by atoms with van der Waals surface area (Å²) < 4.78 is 10.6. The van der Waals surface area contributed by atoms with Crippen LogP contribution in [0.2, 0.25) is 0 Å². The molecule has 0 aliphatic carbocycles. The standard InChI is InChI=1S/C15H24N2O2S/c1-18-14-4-3-12(10-15(14)19-2)13(17-16)9-11-5-7-20-8-6-11/h3-4,10-11,13,17H,5-9,16H2,1-2H3. The fourth-order valence-electron chi connectivity index (χ4n) is 2.69. The fraction of sp³-hybridized carbons (Fsp3) is 0.600. The van der Waals surface area contributed by atoms with Crippen LogP contribution in [0.4, 0.5) is 0 Å². The van der Waals surface area contributed by atoms with Gasteiger partial charge >= 0.3 is 0 Å². The SMILES string of the molecule is COc1ccc(C(CC2CCSCC2)NN)cc1OC. The summed E-state index contributed by atoms with van der Waals surface area (Å²) in [7, 11) is 3.31. The summed E-state index contributed by atoms with van der Waals surface area (Å²) in [5.74, 6) is 10.6. The summed E-state index contributed by atoms with van der Waals surface area (Å²) in [6, 6.07) is 6.18. The van der Waals surface area contributed by atoms with Crippen molar-refractivity contribution in [2.75, 3.05) is 25.7 Å². The number of thioether (sulfide) groups is 1. The van der Waals surface area contributed by atoms with E-state index >= 15 is 0 Å². The van der Waals surface area contributed by atoms with Gasteiger partial charge in [0, 0.05) is 6.04 Å². The Balaban J connectivity index is 2.09. The summed E-state index contributed by atoms with van der Waals surface area (Å²) in [5.41, 5.74) is 4.11. The van der Waals surface area contributed by atoms with Crippen molar-refractivity contribution in [1.82, 2.24) is 5.43 Å². The van der Waals surface area contributed by atoms with E-state index in [1.165, 1.54) is 24.3 Å². The maximum Gasteiger partial charge on any atom is 0.161 e. The van der Waals surface area contributed by atoms with Gasteiger partial charge in [0.25, 0.3) is 0 Å². The van der Waals surface area contributed by atoms with Crippen LogP contribution in [0, 0.1) is 5.92 Å². The third kappa shape index (κ3) is 3.81. The second kappa shape index (κ2) is 7.76. The molecule has 0 spiro atoms. The third-order valence-corrected chi connectivity index (χ3v) is 4.97. The van der Waals surface area contributed by atoms with E-state index in [2.05, 4.69) is 23.3 Å². The number of hydrazine groups is 1. The van der Waals surface area contributed by atoms with Crippen molar-refractivity contribution >= 4 is 11.8 Å². The van der Waals surface area contributed by atoms with E-state index < -0.39 is 0 Å². The quantitative estimate of drug-likeness (QED) is 0.624. The Hall–Kier alpha value is -0.910. The van der Waals surface area contributed by atoms with Crippen LogP contribution in [0.1, 0.15) is 30.9 Å². The number of rotatable bonds is 6. The molecule has 0 amide bonds. The molecule has 112 valence electrons. The molecule has 5 heteroatoms. The van der Waals surface area contributed by atoms with Gasteiger partial charge in [-0.3, -0.25) is 11.3 Å².